The van der Waals surface area contributed by atoms with Gasteiger partial charge in [-0.15, -0.1) is 0 Å². The predicted octanol–water partition coefficient (Wildman–Crippen LogP) is 3.44. The maximum atomic E-state index is 12.4. The van der Waals surface area contributed by atoms with E-state index in [4.69, 9.17) is 10.00 Å². The Morgan fingerprint density at radius 1 is 1.19 bits per heavy atom. The van der Waals surface area contributed by atoms with E-state index in [1.54, 1.807) is 24.3 Å². The Bertz CT molecular complexity index is 730. The smallest absolute Gasteiger partial charge is 0.259 e. The van der Waals surface area contributed by atoms with Gasteiger partial charge in [0.05, 0.1) is 24.3 Å². The van der Waals surface area contributed by atoms with Crippen molar-refractivity contribution in [3.05, 3.63) is 58.7 Å². The summed E-state index contributed by atoms with van der Waals surface area (Å²) in [5, 5.41) is 11.8. The molecule has 0 atom stereocenters. The minimum atomic E-state index is -0.256. The first-order valence-electron chi connectivity index (χ1n) is 6.52. The molecule has 0 spiro atoms. The van der Waals surface area contributed by atoms with E-state index in [-0.39, 0.29) is 5.91 Å². The van der Waals surface area contributed by atoms with Crippen LogP contribution in [0.15, 0.2) is 36.4 Å². The molecule has 106 valence electrons. The lowest BCUT2D eigenvalue weighted by molar-refractivity contribution is 0.102. The molecule has 1 N–H and O–H groups in total. The van der Waals surface area contributed by atoms with Crippen LogP contribution < -0.4 is 10.1 Å². The number of nitrogens with one attached hydrogen (secondary N) is 1. The maximum absolute atomic E-state index is 12.4. The molecule has 4 heteroatoms. The third-order valence-electron chi connectivity index (χ3n) is 3.21. The molecule has 0 aliphatic carbocycles. The van der Waals surface area contributed by atoms with Gasteiger partial charge in [0.1, 0.15) is 5.75 Å². The van der Waals surface area contributed by atoms with Gasteiger partial charge >= 0.3 is 0 Å². The van der Waals surface area contributed by atoms with Gasteiger partial charge in [-0.1, -0.05) is 17.7 Å². The van der Waals surface area contributed by atoms with Crippen LogP contribution in [0.1, 0.15) is 27.0 Å². The van der Waals surface area contributed by atoms with Crippen molar-refractivity contribution in [2.75, 3.05) is 12.4 Å². The normalized spacial score (nSPS) is 9.81. The number of anilines is 1. The van der Waals surface area contributed by atoms with Crippen LogP contribution >= 0.6 is 0 Å². The minimum absolute atomic E-state index is 0.256. The number of hydrogen-bond donors (Lipinski definition) is 1. The van der Waals surface area contributed by atoms with Gasteiger partial charge in [-0.2, -0.15) is 5.26 Å². The molecule has 2 rings (SSSR count). The second-order valence-corrected chi connectivity index (χ2v) is 4.80. The van der Waals surface area contributed by atoms with E-state index in [0.717, 1.165) is 11.1 Å². The summed E-state index contributed by atoms with van der Waals surface area (Å²) in [6.45, 7) is 3.79. The predicted molar refractivity (Wildman–Crippen MR) is 81.6 cm³/mol. The van der Waals surface area contributed by atoms with Crippen molar-refractivity contribution in [3.63, 3.8) is 0 Å². The van der Waals surface area contributed by atoms with Gasteiger partial charge in [-0.05, 0) is 43.7 Å². The SMILES string of the molecule is COc1ccc(C)cc1C(=O)Nc1cc(C#N)ccc1C. The number of benzene rings is 2. The lowest BCUT2D eigenvalue weighted by atomic mass is 10.1. The quantitative estimate of drug-likeness (QED) is 0.936. The van der Waals surface area contributed by atoms with Crippen LogP contribution in [0, 0.1) is 25.2 Å². The summed E-state index contributed by atoms with van der Waals surface area (Å²) in [6.07, 6.45) is 0. The van der Waals surface area contributed by atoms with Crippen molar-refractivity contribution in [2.45, 2.75) is 13.8 Å². The van der Waals surface area contributed by atoms with Gasteiger partial charge in [0, 0.05) is 5.69 Å². The molecule has 2 aromatic rings. The summed E-state index contributed by atoms with van der Waals surface area (Å²) in [4.78, 5) is 12.4. The number of nitriles is 1. The fourth-order valence-corrected chi connectivity index (χ4v) is 2.02. The zero-order chi connectivity index (χ0) is 15.4. The monoisotopic (exact) mass is 280 g/mol. The van der Waals surface area contributed by atoms with E-state index in [2.05, 4.69) is 11.4 Å². The van der Waals surface area contributed by atoms with Gasteiger partial charge in [0.15, 0.2) is 0 Å². The van der Waals surface area contributed by atoms with Gasteiger partial charge in [-0.3, -0.25) is 4.79 Å². The summed E-state index contributed by atoms with van der Waals surface area (Å²) in [6, 6.07) is 12.7. The molecule has 0 aliphatic heterocycles. The van der Waals surface area contributed by atoms with Crippen LogP contribution in [0.2, 0.25) is 0 Å². The van der Waals surface area contributed by atoms with Crippen LogP contribution in [-0.2, 0) is 0 Å². The molecule has 1 amide bonds. The lowest BCUT2D eigenvalue weighted by Gasteiger charge is -2.12. The van der Waals surface area contributed by atoms with Crippen molar-refractivity contribution in [2.24, 2.45) is 0 Å². The molecule has 21 heavy (non-hydrogen) atoms. The second kappa shape index (κ2) is 6.10. The molecule has 0 saturated heterocycles. The largest absolute Gasteiger partial charge is 0.496 e. The number of carbonyl (C=O) groups excluding carboxylic acids is 1. The standard InChI is InChI=1S/C17H16N2O2/c1-11-4-7-16(21-3)14(8-11)17(20)19-15-9-13(10-18)6-5-12(15)2/h4-9H,1-3H3,(H,19,20). The molecule has 0 aliphatic rings. The number of nitrogens with zero attached hydrogens (tertiary/aromatic N) is 1. The van der Waals surface area contributed by atoms with E-state index in [1.165, 1.54) is 7.11 Å². The summed E-state index contributed by atoms with van der Waals surface area (Å²) in [7, 11) is 1.53. The Morgan fingerprint density at radius 2 is 1.95 bits per heavy atom. The number of rotatable bonds is 3. The average Bonchev–Trinajstić information content (AvgIpc) is 2.49. The molecule has 4 nitrogen and oxygen atoms in total. The molecular weight excluding hydrogens is 264 g/mol. The number of amides is 1. The van der Waals surface area contributed by atoms with E-state index in [9.17, 15) is 4.79 Å². The Morgan fingerprint density at radius 3 is 2.62 bits per heavy atom. The van der Waals surface area contributed by atoms with Crippen molar-refractivity contribution < 1.29 is 9.53 Å². The van der Waals surface area contributed by atoms with Crippen molar-refractivity contribution in [3.8, 4) is 11.8 Å². The first-order valence-corrected chi connectivity index (χ1v) is 6.52. The molecule has 0 fully saturated rings. The third kappa shape index (κ3) is 3.21. The molecule has 0 saturated carbocycles. The average molecular weight is 280 g/mol. The van der Waals surface area contributed by atoms with Gasteiger partial charge < -0.3 is 10.1 Å². The van der Waals surface area contributed by atoms with E-state index in [1.807, 2.05) is 26.0 Å². The fourth-order valence-electron chi connectivity index (χ4n) is 2.02. The number of methoxy groups -OCH3 is 1. The highest BCUT2D eigenvalue weighted by Crippen LogP contribution is 2.23. The molecule has 0 unspecified atom stereocenters. The lowest BCUT2D eigenvalue weighted by Crippen LogP contribution is -2.14. The zero-order valence-electron chi connectivity index (χ0n) is 12.2. The fraction of sp³-hybridized carbons (Fsp3) is 0.176. The molecule has 2 aromatic carbocycles. The van der Waals surface area contributed by atoms with Crippen molar-refractivity contribution in [1.82, 2.24) is 0 Å². The zero-order valence-corrected chi connectivity index (χ0v) is 12.2. The van der Waals surface area contributed by atoms with E-state index >= 15 is 0 Å². The number of aryl methyl sites for hydroxylation is 2. The minimum Gasteiger partial charge on any atom is -0.496 e. The van der Waals surface area contributed by atoms with Gasteiger partial charge in [0.2, 0.25) is 0 Å². The Balaban J connectivity index is 2.35. The van der Waals surface area contributed by atoms with E-state index < -0.39 is 0 Å². The van der Waals surface area contributed by atoms with Crippen LogP contribution in [0.4, 0.5) is 5.69 Å². The van der Waals surface area contributed by atoms with Crippen LogP contribution in [0.3, 0.4) is 0 Å². The van der Waals surface area contributed by atoms with Crippen LogP contribution in [0.5, 0.6) is 5.75 Å². The summed E-state index contributed by atoms with van der Waals surface area (Å²) >= 11 is 0. The summed E-state index contributed by atoms with van der Waals surface area (Å²) < 4.78 is 5.22. The third-order valence-corrected chi connectivity index (χ3v) is 3.21. The molecular formula is C17H16N2O2. The Hall–Kier alpha value is -2.80. The molecule has 0 heterocycles. The van der Waals surface area contributed by atoms with Gasteiger partial charge in [0.25, 0.3) is 5.91 Å². The number of carbonyl (C=O) groups is 1. The molecule has 0 bridgehead atoms. The van der Waals surface area contributed by atoms with Crippen molar-refractivity contribution >= 4 is 11.6 Å². The van der Waals surface area contributed by atoms with Crippen molar-refractivity contribution in [1.29, 1.82) is 5.26 Å². The topological polar surface area (TPSA) is 62.1 Å². The van der Waals surface area contributed by atoms with Crippen LogP contribution in [-0.4, -0.2) is 13.0 Å². The van der Waals surface area contributed by atoms with Crippen LogP contribution in [0.25, 0.3) is 0 Å². The summed E-state index contributed by atoms with van der Waals surface area (Å²) in [5.74, 6) is 0.265. The number of ether oxygens (including phenoxy) is 1. The van der Waals surface area contributed by atoms with Gasteiger partial charge in [-0.25, -0.2) is 0 Å². The first-order chi connectivity index (χ1) is 10.0. The van der Waals surface area contributed by atoms with E-state index in [0.29, 0.717) is 22.6 Å². The number of hydrogen-bond acceptors (Lipinski definition) is 3. The Kier molecular flexibility index (Phi) is 4.24. The highest BCUT2D eigenvalue weighted by molar-refractivity contribution is 6.06. The Labute approximate surface area is 124 Å². The highest BCUT2D eigenvalue weighted by atomic mass is 16.5. The molecule has 0 radical (unpaired) electrons. The summed E-state index contributed by atoms with van der Waals surface area (Å²) in [5.41, 5.74) is 3.48. The molecule has 0 aromatic heterocycles. The maximum Gasteiger partial charge on any atom is 0.259 e. The highest BCUT2D eigenvalue weighted by Gasteiger charge is 2.13. The first kappa shape index (κ1) is 14.6. The second-order valence-electron chi connectivity index (χ2n) is 4.80.